The fourth-order valence-electron chi connectivity index (χ4n) is 7.82. The normalized spacial score (nSPS) is 43.2. The molecule has 0 spiro atoms. The van der Waals surface area contributed by atoms with Crippen molar-refractivity contribution in [2.45, 2.75) is 76.7 Å². The highest BCUT2D eigenvalue weighted by Crippen LogP contribution is 2.70. The van der Waals surface area contributed by atoms with Crippen molar-refractivity contribution in [1.29, 1.82) is 0 Å². The van der Waals surface area contributed by atoms with Gasteiger partial charge in [-0.05, 0) is 76.0 Å². The van der Waals surface area contributed by atoms with Crippen LogP contribution in [0.1, 0.15) is 59.3 Å². The Morgan fingerprint density at radius 1 is 1.22 bits per heavy atom. The Balaban J connectivity index is 1.56. The predicted octanol–water partition coefficient (Wildman–Crippen LogP) is 2.80. The monoisotopic (exact) mass is 507 g/mol. The third kappa shape index (κ3) is 3.69. The Hall–Kier alpha value is -2.10. The average Bonchev–Trinajstić information content (AvgIpc) is 3.03. The number of allylic oxidation sites excluding steroid dienone is 4. The fraction of sp³-hybridized carbons (Fsp3) is 0.741. The van der Waals surface area contributed by atoms with Crippen molar-refractivity contribution >= 4 is 17.7 Å². The number of halogens is 1. The summed E-state index contributed by atoms with van der Waals surface area (Å²) in [4.78, 5) is 37.2. The number of aliphatic hydroxyl groups excluding tert-OH is 1. The Bertz CT molecular complexity index is 997. The first-order valence-electron chi connectivity index (χ1n) is 12.9. The van der Waals surface area contributed by atoms with Crippen LogP contribution in [0.4, 0.5) is 9.18 Å². The van der Waals surface area contributed by atoms with Crippen LogP contribution in [-0.2, 0) is 19.1 Å². The Morgan fingerprint density at radius 2 is 1.94 bits per heavy atom. The van der Waals surface area contributed by atoms with Crippen LogP contribution in [0, 0.1) is 28.6 Å². The van der Waals surface area contributed by atoms with Crippen LogP contribution >= 0.6 is 0 Å². The highest BCUT2D eigenvalue weighted by molar-refractivity contribution is 6.01. The second kappa shape index (κ2) is 9.33. The number of alkyl halides is 1. The number of rotatable bonds is 7. The van der Waals surface area contributed by atoms with E-state index in [2.05, 4.69) is 0 Å². The lowest BCUT2D eigenvalue weighted by Crippen LogP contribution is -2.69. The van der Waals surface area contributed by atoms with Gasteiger partial charge in [-0.15, -0.1) is 0 Å². The molecule has 0 unspecified atom stereocenters. The number of fused-ring (bicyclic) bond motifs is 5. The number of ketones is 2. The number of nitrogens with two attached hydrogens (primary N) is 1. The highest BCUT2D eigenvalue weighted by atomic mass is 19.1. The lowest BCUT2D eigenvalue weighted by atomic mass is 9.44. The minimum Gasteiger partial charge on any atom is -0.434 e. The van der Waals surface area contributed by atoms with Crippen molar-refractivity contribution in [2.24, 2.45) is 34.3 Å². The van der Waals surface area contributed by atoms with Gasteiger partial charge in [0.15, 0.2) is 18.1 Å². The second-order valence-corrected chi connectivity index (χ2v) is 11.5. The van der Waals surface area contributed by atoms with Gasteiger partial charge in [-0.3, -0.25) is 9.59 Å². The van der Waals surface area contributed by atoms with Gasteiger partial charge >= 0.3 is 6.16 Å². The first-order chi connectivity index (χ1) is 16.9. The number of Topliss-reactive ketones (excluding diaryl/α,β-unsaturated/α-hetero) is 1. The lowest BCUT2D eigenvalue weighted by molar-refractivity contribution is -0.219. The van der Waals surface area contributed by atoms with Crippen LogP contribution in [0.2, 0.25) is 0 Å². The van der Waals surface area contributed by atoms with E-state index in [-0.39, 0.29) is 24.7 Å². The fourth-order valence-corrected chi connectivity index (χ4v) is 7.82. The number of hydrogen-bond acceptors (Lipinski definition) is 8. The maximum absolute atomic E-state index is 17.2. The maximum Gasteiger partial charge on any atom is 0.508 e. The SMILES string of the molecule is C[C@H]1C[C@H]2[C@@H]3CCC4=CC(=O)C=C[C@]4(C)[C@@]3(F)[C@@H](O)C[C@]2(C)[C@@]1(O)C(=O)COC(=O)OCCCCN. The van der Waals surface area contributed by atoms with Crippen LogP contribution in [-0.4, -0.2) is 65.1 Å². The van der Waals surface area contributed by atoms with E-state index in [0.29, 0.717) is 44.2 Å². The first-order valence-corrected chi connectivity index (χ1v) is 12.9. The molecule has 4 aliphatic rings. The van der Waals surface area contributed by atoms with Crippen LogP contribution in [0.25, 0.3) is 0 Å². The van der Waals surface area contributed by atoms with Gasteiger partial charge in [0.1, 0.15) is 5.60 Å². The van der Waals surface area contributed by atoms with Crippen LogP contribution in [0.15, 0.2) is 23.8 Å². The smallest absolute Gasteiger partial charge is 0.434 e. The molecule has 0 amide bonds. The van der Waals surface area contributed by atoms with Crippen LogP contribution in [0.5, 0.6) is 0 Å². The van der Waals surface area contributed by atoms with Crippen molar-refractivity contribution in [3.8, 4) is 0 Å². The quantitative estimate of drug-likeness (QED) is 0.354. The third-order valence-corrected chi connectivity index (χ3v) is 9.79. The Labute approximate surface area is 211 Å². The van der Waals surface area contributed by atoms with E-state index in [9.17, 15) is 24.6 Å². The summed E-state index contributed by atoms with van der Waals surface area (Å²) in [5.74, 6) is -2.41. The van der Waals surface area contributed by atoms with Crippen molar-refractivity contribution in [3.05, 3.63) is 23.8 Å². The maximum atomic E-state index is 17.2. The van der Waals surface area contributed by atoms with E-state index >= 15 is 4.39 Å². The molecule has 200 valence electrons. The number of ether oxygens (including phenoxy) is 2. The second-order valence-electron chi connectivity index (χ2n) is 11.5. The summed E-state index contributed by atoms with van der Waals surface area (Å²) in [5.41, 5.74) is -0.139. The number of aliphatic hydroxyl groups is 2. The molecule has 3 fully saturated rings. The largest absolute Gasteiger partial charge is 0.508 e. The van der Waals surface area contributed by atoms with Crippen LogP contribution in [0.3, 0.4) is 0 Å². The summed E-state index contributed by atoms with van der Waals surface area (Å²) in [6, 6.07) is 0. The van der Waals surface area contributed by atoms with E-state index in [0.717, 1.165) is 0 Å². The van der Waals surface area contributed by atoms with Gasteiger partial charge in [0, 0.05) is 16.7 Å². The lowest BCUT2D eigenvalue weighted by Gasteiger charge is -2.62. The molecule has 4 N–H and O–H groups in total. The Morgan fingerprint density at radius 3 is 2.64 bits per heavy atom. The molecule has 3 saturated carbocycles. The van der Waals surface area contributed by atoms with Crippen molar-refractivity contribution in [1.82, 2.24) is 0 Å². The summed E-state index contributed by atoms with van der Waals surface area (Å²) in [7, 11) is 0. The predicted molar refractivity (Wildman–Crippen MR) is 128 cm³/mol. The zero-order valence-corrected chi connectivity index (χ0v) is 21.3. The molecule has 0 aromatic carbocycles. The van der Waals surface area contributed by atoms with Gasteiger partial charge in [-0.25, -0.2) is 9.18 Å². The van der Waals surface area contributed by atoms with Gasteiger partial charge in [0.2, 0.25) is 5.78 Å². The molecular formula is C27H38FNO7. The number of hydrogen-bond donors (Lipinski definition) is 3. The molecule has 0 bridgehead atoms. The molecule has 0 saturated heterocycles. The number of carbonyl (C=O) groups excluding carboxylic acids is 3. The minimum absolute atomic E-state index is 0.117. The van der Waals surface area contributed by atoms with E-state index in [1.165, 1.54) is 12.2 Å². The zero-order chi connectivity index (χ0) is 26.5. The van der Waals surface area contributed by atoms with E-state index < -0.39 is 58.6 Å². The summed E-state index contributed by atoms with van der Waals surface area (Å²) in [6.45, 7) is 5.12. The molecule has 0 aliphatic heterocycles. The summed E-state index contributed by atoms with van der Waals surface area (Å²) >= 11 is 0. The molecule has 4 rings (SSSR count). The van der Waals surface area contributed by atoms with Gasteiger partial charge in [0.25, 0.3) is 0 Å². The average molecular weight is 508 g/mol. The summed E-state index contributed by atoms with van der Waals surface area (Å²) < 4.78 is 27.1. The number of carbonyl (C=O) groups is 3. The van der Waals surface area contributed by atoms with Gasteiger partial charge in [0.05, 0.1) is 12.7 Å². The zero-order valence-electron chi connectivity index (χ0n) is 21.3. The molecule has 4 aliphatic carbocycles. The molecule has 8 atom stereocenters. The van der Waals surface area contributed by atoms with Crippen molar-refractivity contribution in [3.63, 3.8) is 0 Å². The van der Waals surface area contributed by atoms with E-state index in [1.54, 1.807) is 26.8 Å². The standard InChI is InChI=1S/C27H38FNO7/c1-16-12-20-19-7-6-17-13-18(30)8-9-24(17,2)26(19,28)21(31)14-25(20,3)27(16,34)22(32)15-36-23(33)35-11-5-4-10-29/h8-9,13,16,19-21,31,34H,4-7,10-12,14-15,29H2,1-3H3/t16-,19-,20-,21-,24-,25-,26-,27-/m0/s1. The minimum atomic E-state index is -2.05. The molecule has 0 radical (unpaired) electrons. The molecule has 9 heteroatoms. The molecule has 0 aromatic heterocycles. The third-order valence-electron chi connectivity index (χ3n) is 9.79. The van der Waals surface area contributed by atoms with E-state index in [1.807, 2.05) is 0 Å². The van der Waals surface area contributed by atoms with E-state index in [4.69, 9.17) is 15.2 Å². The Kier molecular flexibility index (Phi) is 6.98. The molecule has 0 aromatic rings. The van der Waals surface area contributed by atoms with Crippen molar-refractivity contribution < 1.29 is 38.5 Å². The summed E-state index contributed by atoms with van der Waals surface area (Å²) in [5, 5.41) is 23.2. The molecular weight excluding hydrogens is 469 g/mol. The molecule has 36 heavy (non-hydrogen) atoms. The van der Waals surface area contributed by atoms with Gasteiger partial charge in [-0.1, -0.05) is 25.5 Å². The van der Waals surface area contributed by atoms with Crippen LogP contribution < -0.4 is 5.73 Å². The van der Waals surface area contributed by atoms with Crippen molar-refractivity contribution in [2.75, 3.05) is 19.8 Å². The summed E-state index contributed by atoms with van der Waals surface area (Å²) in [6.07, 6.45) is 4.36. The molecule has 0 heterocycles. The van der Waals surface area contributed by atoms with Gasteiger partial charge in [-0.2, -0.15) is 0 Å². The topological polar surface area (TPSA) is 136 Å². The number of unbranched alkanes of at least 4 members (excludes halogenated alkanes) is 1. The van der Waals surface area contributed by atoms with Gasteiger partial charge < -0.3 is 25.4 Å². The molecule has 8 nitrogen and oxygen atoms in total. The highest BCUT2D eigenvalue weighted by Gasteiger charge is 2.75. The first kappa shape index (κ1) is 26.9.